The average Bonchev–Trinajstić information content (AvgIpc) is 2.67. The van der Waals surface area contributed by atoms with E-state index < -0.39 is 5.97 Å². The monoisotopic (exact) mass is 422 g/mol. The van der Waals surface area contributed by atoms with Gasteiger partial charge < -0.3 is 10.4 Å². The number of carboxylic acids is 1. The third-order valence-electron chi connectivity index (χ3n) is 5.19. The smallest absolute Gasteiger partial charge is 0.320 e. The molecule has 1 aliphatic rings. The fraction of sp³-hybridized carbons (Fsp3) is 0.409. The van der Waals surface area contributed by atoms with Crippen molar-refractivity contribution in [3.8, 4) is 11.1 Å². The van der Waals surface area contributed by atoms with Crippen LogP contribution in [0.4, 0.5) is 0 Å². The molecule has 3 rings (SSSR count). The Hall–Kier alpha value is -1.59. The van der Waals surface area contributed by atoms with Crippen LogP contribution in [0, 0.1) is 0 Å². The first kappa shape index (κ1) is 22.7. The minimum atomic E-state index is -0.704. The molecule has 0 amide bonds. The minimum Gasteiger partial charge on any atom is -0.480 e. The van der Waals surface area contributed by atoms with Gasteiger partial charge in [-0.1, -0.05) is 61.3 Å². The van der Waals surface area contributed by atoms with Crippen LogP contribution in [0.5, 0.6) is 0 Å². The van der Waals surface area contributed by atoms with Crippen LogP contribution in [0.3, 0.4) is 0 Å². The van der Waals surface area contributed by atoms with Gasteiger partial charge in [0, 0.05) is 30.7 Å². The first-order valence-electron chi connectivity index (χ1n) is 9.62. The van der Waals surface area contributed by atoms with Crippen molar-refractivity contribution in [3.63, 3.8) is 0 Å². The van der Waals surface area contributed by atoms with E-state index in [2.05, 4.69) is 34.5 Å². The van der Waals surface area contributed by atoms with E-state index in [1.54, 1.807) is 0 Å². The lowest BCUT2D eigenvalue weighted by atomic mass is 9.99. The summed E-state index contributed by atoms with van der Waals surface area (Å²) < 4.78 is 0. The number of nitrogens with one attached hydrogen (secondary N) is 1. The number of halogens is 2. The van der Waals surface area contributed by atoms with Crippen molar-refractivity contribution >= 4 is 30.0 Å². The second-order valence-corrected chi connectivity index (χ2v) is 7.63. The van der Waals surface area contributed by atoms with Crippen LogP contribution in [-0.2, 0) is 11.2 Å². The van der Waals surface area contributed by atoms with E-state index in [4.69, 9.17) is 11.6 Å². The van der Waals surface area contributed by atoms with Crippen LogP contribution >= 0.6 is 24.0 Å². The van der Waals surface area contributed by atoms with Crippen molar-refractivity contribution in [1.82, 2.24) is 10.2 Å². The molecule has 2 N–H and O–H groups in total. The van der Waals surface area contributed by atoms with Gasteiger partial charge in [0.2, 0.25) is 0 Å². The quantitative estimate of drug-likeness (QED) is 0.689. The lowest BCUT2D eigenvalue weighted by molar-refractivity contribution is -0.144. The summed E-state index contributed by atoms with van der Waals surface area (Å²) >= 11 is 5.96. The highest BCUT2D eigenvalue weighted by molar-refractivity contribution is 6.30. The Morgan fingerprint density at radius 2 is 1.79 bits per heavy atom. The van der Waals surface area contributed by atoms with Gasteiger partial charge in [-0.05, 0) is 41.7 Å². The molecule has 1 fully saturated rings. The van der Waals surface area contributed by atoms with Crippen LogP contribution < -0.4 is 5.32 Å². The highest BCUT2D eigenvalue weighted by Crippen LogP contribution is 2.22. The lowest BCUT2D eigenvalue weighted by Crippen LogP contribution is -2.56. The van der Waals surface area contributed by atoms with Crippen molar-refractivity contribution in [2.75, 3.05) is 19.6 Å². The second-order valence-electron chi connectivity index (χ2n) is 7.20. The number of hydrogen-bond donors (Lipinski definition) is 2. The molecular formula is C22H28Cl2N2O2. The van der Waals surface area contributed by atoms with Crippen LogP contribution in [0.15, 0.2) is 48.5 Å². The molecule has 0 aliphatic carbocycles. The number of carbonyl (C=O) groups is 1. The van der Waals surface area contributed by atoms with E-state index in [1.165, 1.54) is 11.1 Å². The summed E-state index contributed by atoms with van der Waals surface area (Å²) in [6, 6.07) is 16.4. The van der Waals surface area contributed by atoms with Gasteiger partial charge in [0.25, 0.3) is 0 Å². The maximum Gasteiger partial charge on any atom is 0.320 e. The molecule has 1 saturated heterocycles. The van der Waals surface area contributed by atoms with E-state index in [1.807, 2.05) is 31.2 Å². The molecule has 2 aromatic rings. The lowest BCUT2D eigenvalue weighted by Gasteiger charge is -2.37. The number of nitrogens with zero attached hydrogens (tertiary/aromatic N) is 1. The van der Waals surface area contributed by atoms with Crippen molar-refractivity contribution in [3.05, 3.63) is 59.1 Å². The largest absolute Gasteiger partial charge is 0.480 e. The second kappa shape index (κ2) is 10.8. The molecule has 152 valence electrons. The maximum atomic E-state index is 11.6. The Bertz CT molecular complexity index is 750. The predicted octanol–water partition coefficient (Wildman–Crippen LogP) is 4.50. The van der Waals surface area contributed by atoms with Crippen LogP contribution in [-0.4, -0.2) is 47.7 Å². The Morgan fingerprint density at radius 3 is 2.36 bits per heavy atom. The SMILES string of the molecule is CCC[C@@H](C(=O)O)N1CCNC(Cc2ccc(-c3ccc(Cl)cc3)cc2)C1.Cl. The van der Waals surface area contributed by atoms with Gasteiger partial charge in [-0.2, -0.15) is 0 Å². The standard InChI is InChI=1S/C22H27ClN2O2.ClH/c1-2-3-21(22(26)27)25-13-12-24-20(15-25)14-16-4-6-17(7-5-16)18-8-10-19(23)11-9-18;/h4-11,20-21,24H,2-3,12-15H2,1H3,(H,26,27);1H/t20?,21-;/m0./s1. The number of piperazine rings is 1. The molecule has 2 aromatic carbocycles. The maximum absolute atomic E-state index is 11.6. The molecule has 1 unspecified atom stereocenters. The zero-order valence-electron chi connectivity index (χ0n) is 16.1. The molecule has 4 nitrogen and oxygen atoms in total. The van der Waals surface area contributed by atoms with Crippen molar-refractivity contribution < 1.29 is 9.90 Å². The van der Waals surface area contributed by atoms with Gasteiger partial charge in [-0.3, -0.25) is 9.69 Å². The number of rotatable bonds is 7. The fourth-order valence-corrected chi connectivity index (χ4v) is 3.89. The van der Waals surface area contributed by atoms with Crippen molar-refractivity contribution in [1.29, 1.82) is 0 Å². The first-order chi connectivity index (χ1) is 13.1. The summed E-state index contributed by atoms with van der Waals surface area (Å²) in [6.07, 6.45) is 2.49. The Balaban J connectivity index is 0.00000280. The summed E-state index contributed by atoms with van der Waals surface area (Å²) in [7, 11) is 0. The van der Waals surface area contributed by atoms with Gasteiger partial charge in [0.15, 0.2) is 0 Å². The van der Waals surface area contributed by atoms with E-state index in [0.29, 0.717) is 6.42 Å². The molecule has 1 aliphatic heterocycles. The molecule has 0 radical (unpaired) electrons. The highest BCUT2D eigenvalue weighted by Gasteiger charge is 2.29. The number of benzene rings is 2. The third-order valence-corrected chi connectivity index (χ3v) is 5.44. The number of aliphatic carboxylic acids is 1. The number of hydrogen-bond acceptors (Lipinski definition) is 3. The molecule has 0 aromatic heterocycles. The van der Waals surface area contributed by atoms with Gasteiger partial charge in [-0.15, -0.1) is 12.4 Å². The molecule has 1 heterocycles. The van der Waals surface area contributed by atoms with E-state index in [9.17, 15) is 9.90 Å². The van der Waals surface area contributed by atoms with E-state index in [0.717, 1.165) is 43.1 Å². The average molecular weight is 423 g/mol. The van der Waals surface area contributed by atoms with Gasteiger partial charge in [0.05, 0.1) is 0 Å². The first-order valence-corrected chi connectivity index (χ1v) is 9.99. The molecule has 28 heavy (non-hydrogen) atoms. The summed E-state index contributed by atoms with van der Waals surface area (Å²) in [4.78, 5) is 13.7. The fourth-order valence-electron chi connectivity index (χ4n) is 3.77. The van der Waals surface area contributed by atoms with Gasteiger partial charge in [-0.25, -0.2) is 0 Å². The molecule has 6 heteroatoms. The topological polar surface area (TPSA) is 52.6 Å². The highest BCUT2D eigenvalue weighted by atomic mass is 35.5. The zero-order valence-corrected chi connectivity index (χ0v) is 17.7. The minimum absolute atomic E-state index is 0. The van der Waals surface area contributed by atoms with E-state index >= 15 is 0 Å². The van der Waals surface area contributed by atoms with Crippen LogP contribution in [0.2, 0.25) is 5.02 Å². The molecule has 0 saturated carbocycles. The summed E-state index contributed by atoms with van der Waals surface area (Å²) in [6.45, 7) is 4.44. The molecule has 0 spiro atoms. The van der Waals surface area contributed by atoms with E-state index in [-0.39, 0.29) is 24.5 Å². The number of carboxylic acid groups (broad SMARTS) is 1. The third kappa shape index (κ3) is 5.95. The van der Waals surface area contributed by atoms with Gasteiger partial charge >= 0.3 is 5.97 Å². The summed E-state index contributed by atoms with van der Waals surface area (Å²) in [5.41, 5.74) is 3.58. The Morgan fingerprint density at radius 1 is 1.18 bits per heavy atom. The van der Waals surface area contributed by atoms with Crippen LogP contribution in [0.25, 0.3) is 11.1 Å². The normalized spacial score (nSPS) is 18.3. The predicted molar refractivity (Wildman–Crippen MR) is 118 cm³/mol. The molecular weight excluding hydrogens is 395 g/mol. The molecule has 2 atom stereocenters. The van der Waals surface area contributed by atoms with Crippen molar-refractivity contribution in [2.45, 2.75) is 38.3 Å². The summed E-state index contributed by atoms with van der Waals surface area (Å²) in [5, 5.41) is 13.8. The zero-order chi connectivity index (χ0) is 19.2. The van der Waals surface area contributed by atoms with Crippen LogP contribution in [0.1, 0.15) is 25.3 Å². The Labute approximate surface area is 178 Å². The molecule has 0 bridgehead atoms. The summed E-state index contributed by atoms with van der Waals surface area (Å²) in [5.74, 6) is -0.704. The Kier molecular flexibility index (Phi) is 8.77. The van der Waals surface area contributed by atoms with Gasteiger partial charge in [0.1, 0.15) is 6.04 Å². The van der Waals surface area contributed by atoms with Crippen molar-refractivity contribution in [2.24, 2.45) is 0 Å².